The zero-order valence-corrected chi connectivity index (χ0v) is 11.3. The molecule has 1 aliphatic rings. The molecular formula is C13H27N3O. The Kier molecular flexibility index (Phi) is 7.21. The van der Waals surface area contributed by atoms with Crippen LogP contribution in [-0.4, -0.2) is 49.6 Å². The first-order valence-electron chi connectivity index (χ1n) is 6.95. The fraction of sp³-hybridized carbons (Fsp3) is 0.923. The van der Waals surface area contributed by atoms with Crippen LogP contribution in [0.2, 0.25) is 0 Å². The molecule has 1 rings (SSSR count). The van der Waals surface area contributed by atoms with Gasteiger partial charge in [0, 0.05) is 32.1 Å². The minimum Gasteiger partial charge on any atom is -0.356 e. The smallest absolute Gasteiger partial charge is 0.221 e. The number of amides is 1. The third-order valence-corrected chi connectivity index (χ3v) is 3.36. The molecule has 0 aromatic heterocycles. The molecule has 1 amide bonds. The first-order valence-corrected chi connectivity index (χ1v) is 6.95. The Morgan fingerprint density at radius 3 is 2.65 bits per heavy atom. The largest absolute Gasteiger partial charge is 0.356 e. The summed E-state index contributed by atoms with van der Waals surface area (Å²) in [6.07, 6.45) is 4.64. The maximum atomic E-state index is 11.2. The van der Waals surface area contributed by atoms with E-state index in [9.17, 15) is 4.79 Å². The predicted octanol–water partition coefficient (Wildman–Crippen LogP) is 0.977. The van der Waals surface area contributed by atoms with Crippen LogP contribution in [0.25, 0.3) is 0 Å². The normalized spacial score (nSPS) is 18.9. The highest BCUT2D eigenvalue weighted by molar-refractivity contribution is 5.75. The summed E-state index contributed by atoms with van der Waals surface area (Å²) in [6, 6.07) is 0.588. The highest BCUT2D eigenvalue weighted by Crippen LogP contribution is 2.11. The Hall–Kier alpha value is -0.610. The first kappa shape index (κ1) is 14.5. The molecule has 0 saturated carbocycles. The molecular weight excluding hydrogens is 214 g/mol. The second-order valence-electron chi connectivity index (χ2n) is 4.85. The lowest BCUT2D eigenvalue weighted by atomic mass is 10.1. The number of nitrogens with zero attached hydrogens (tertiary/aromatic N) is 1. The lowest BCUT2D eigenvalue weighted by molar-refractivity contribution is -0.120. The Labute approximate surface area is 105 Å². The highest BCUT2D eigenvalue weighted by atomic mass is 16.1. The van der Waals surface area contributed by atoms with Gasteiger partial charge < -0.3 is 10.6 Å². The van der Waals surface area contributed by atoms with Crippen LogP contribution in [0.15, 0.2) is 0 Å². The maximum Gasteiger partial charge on any atom is 0.221 e. The van der Waals surface area contributed by atoms with Gasteiger partial charge >= 0.3 is 0 Å². The van der Waals surface area contributed by atoms with Crippen LogP contribution in [0.4, 0.5) is 0 Å². The van der Waals surface area contributed by atoms with Crippen molar-refractivity contribution in [2.45, 2.75) is 45.6 Å². The van der Waals surface area contributed by atoms with E-state index in [0.29, 0.717) is 12.5 Å². The van der Waals surface area contributed by atoms with E-state index in [2.05, 4.69) is 22.5 Å². The first-order chi connectivity index (χ1) is 8.24. The topological polar surface area (TPSA) is 44.4 Å². The van der Waals surface area contributed by atoms with Gasteiger partial charge in [-0.25, -0.2) is 0 Å². The second-order valence-corrected chi connectivity index (χ2v) is 4.85. The Balaban J connectivity index is 2.03. The predicted molar refractivity (Wildman–Crippen MR) is 71.1 cm³/mol. The molecule has 2 N–H and O–H groups in total. The fourth-order valence-corrected chi connectivity index (χ4v) is 2.29. The molecule has 1 heterocycles. The van der Waals surface area contributed by atoms with Gasteiger partial charge in [0.15, 0.2) is 0 Å². The van der Waals surface area contributed by atoms with Gasteiger partial charge in [-0.2, -0.15) is 0 Å². The van der Waals surface area contributed by atoms with Gasteiger partial charge in [-0.3, -0.25) is 9.69 Å². The van der Waals surface area contributed by atoms with Crippen LogP contribution in [0, 0.1) is 0 Å². The Morgan fingerprint density at radius 2 is 2.00 bits per heavy atom. The van der Waals surface area contributed by atoms with Crippen LogP contribution in [-0.2, 0) is 4.79 Å². The zero-order chi connectivity index (χ0) is 12.5. The van der Waals surface area contributed by atoms with E-state index in [-0.39, 0.29) is 5.91 Å². The van der Waals surface area contributed by atoms with Gasteiger partial charge in [-0.15, -0.1) is 0 Å². The molecule has 0 bridgehead atoms. The molecule has 0 aromatic carbocycles. The van der Waals surface area contributed by atoms with Crippen LogP contribution in [0.1, 0.15) is 39.5 Å². The summed E-state index contributed by atoms with van der Waals surface area (Å²) >= 11 is 0. The summed E-state index contributed by atoms with van der Waals surface area (Å²) in [7, 11) is 0. The summed E-state index contributed by atoms with van der Waals surface area (Å²) in [4.78, 5) is 13.8. The second kappa shape index (κ2) is 8.48. The summed E-state index contributed by atoms with van der Waals surface area (Å²) in [5.74, 6) is 0.144. The lowest BCUT2D eigenvalue weighted by Gasteiger charge is -2.32. The molecule has 0 aliphatic carbocycles. The SMILES string of the molecule is CCNC(=O)CCNCC(C)N1CCCCC1. The van der Waals surface area contributed by atoms with E-state index in [1.165, 1.54) is 32.4 Å². The molecule has 1 atom stereocenters. The lowest BCUT2D eigenvalue weighted by Crippen LogP contribution is -2.43. The molecule has 100 valence electrons. The third kappa shape index (κ3) is 6.03. The molecule has 0 aromatic rings. The van der Waals surface area contributed by atoms with E-state index in [0.717, 1.165) is 19.6 Å². The van der Waals surface area contributed by atoms with Crippen LogP contribution < -0.4 is 10.6 Å². The average Bonchev–Trinajstić information content (AvgIpc) is 2.36. The molecule has 1 aliphatic heterocycles. The summed E-state index contributed by atoms with van der Waals surface area (Å²) < 4.78 is 0. The molecule has 4 nitrogen and oxygen atoms in total. The summed E-state index contributed by atoms with van der Waals surface area (Å²) in [5.41, 5.74) is 0. The summed E-state index contributed by atoms with van der Waals surface area (Å²) in [6.45, 7) is 9.18. The van der Waals surface area contributed by atoms with Gasteiger partial charge in [-0.05, 0) is 39.8 Å². The number of rotatable bonds is 7. The number of piperidine rings is 1. The number of likely N-dealkylation sites (tertiary alicyclic amines) is 1. The van der Waals surface area contributed by atoms with Gasteiger partial charge in [0.25, 0.3) is 0 Å². The highest BCUT2D eigenvalue weighted by Gasteiger charge is 2.15. The Bertz CT molecular complexity index is 215. The van der Waals surface area contributed by atoms with Crippen molar-refractivity contribution in [1.82, 2.24) is 15.5 Å². The zero-order valence-electron chi connectivity index (χ0n) is 11.3. The van der Waals surface area contributed by atoms with Crippen LogP contribution in [0.5, 0.6) is 0 Å². The quantitative estimate of drug-likeness (QED) is 0.653. The number of carbonyl (C=O) groups is 1. The van der Waals surface area contributed by atoms with Crippen molar-refractivity contribution in [2.75, 3.05) is 32.7 Å². The molecule has 1 unspecified atom stereocenters. The van der Waals surface area contributed by atoms with Crippen molar-refractivity contribution in [3.05, 3.63) is 0 Å². The van der Waals surface area contributed by atoms with Gasteiger partial charge in [0.05, 0.1) is 0 Å². The van der Waals surface area contributed by atoms with Gasteiger partial charge in [-0.1, -0.05) is 6.42 Å². The average molecular weight is 241 g/mol. The third-order valence-electron chi connectivity index (χ3n) is 3.36. The van der Waals surface area contributed by atoms with E-state index < -0.39 is 0 Å². The molecule has 1 fully saturated rings. The number of hydrogen-bond donors (Lipinski definition) is 2. The number of nitrogens with one attached hydrogen (secondary N) is 2. The van der Waals surface area contributed by atoms with E-state index >= 15 is 0 Å². The van der Waals surface area contributed by atoms with Crippen molar-refractivity contribution in [2.24, 2.45) is 0 Å². The van der Waals surface area contributed by atoms with Crippen LogP contribution >= 0.6 is 0 Å². The van der Waals surface area contributed by atoms with Crippen molar-refractivity contribution in [3.8, 4) is 0 Å². The van der Waals surface area contributed by atoms with Crippen molar-refractivity contribution in [1.29, 1.82) is 0 Å². The fourth-order valence-electron chi connectivity index (χ4n) is 2.29. The van der Waals surface area contributed by atoms with E-state index in [4.69, 9.17) is 0 Å². The molecule has 1 saturated heterocycles. The molecule has 0 spiro atoms. The monoisotopic (exact) mass is 241 g/mol. The minimum absolute atomic E-state index is 0.144. The standard InChI is InChI=1S/C13H27N3O/c1-3-15-13(17)7-8-14-11-12(2)16-9-5-4-6-10-16/h12,14H,3-11H2,1-2H3,(H,15,17). The van der Waals surface area contributed by atoms with Crippen molar-refractivity contribution >= 4 is 5.91 Å². The van der Waals surface area contributed by atoms with Gasteiger partial charge in [0.2, 0.25) is 5.91 Å². The van der Waals surface area contributed by atoms with Crippen LogP contribution in [0.3, 0.4) is 0 Å². The van der Waals surface area contributed by atoms with Crippen molar-refractivity contribution in [3.63, 3.8) is 0 Å². The maximum absolute atomic E-state index is 11.2. The number of hydrogen-bond acceptors (Lipinski definition) is 3. The molecule has 0 radical (unpaired) electrons. The minimum atomic E-state index is 0.144. The summed E-state index contributed by atoms with van der Waals surface area (Å²) in [5, 5.41) is 6.18. The molecule has 17 heavy (non-hydrogen) atoms. The molecule has 4 heteroatoms. The van der Waals surface area contributed by atoms with E-state index in [1.54, 1.807) is 0 Å². The van der Waals surface area contributed by atoms with Gasteiger partial charge in [0.1, 0.15) is 0 Å². The Morgan fingerprint density at radius 1 is 1.29 bits per heavy atom. The number of carbonyl (C=O) groups excluding carboxylic acids is 1. The van der Waals surface area contributed by atoms with Crippen molar-refractivity contribution < 1.29 is 4.79 Å². The van der Waals surface area contributed by atoms with E-state index in [1.807, 2.05) is 6.92 Å².